The summed E-state index contributed by atoms with van der Waals surface area (Å²) in [5, 5.41) is 8.47. The summed E-state index contributed by atoms with van der Waals surface area (Å²) >= 11 is 0. The van der Waals surface area contributed by atoms with Crippen molar-refractivity contribution in [1.29, 1.82) is 0 Å². The average Bonchev–Trinajstić information content (AvgIpc) is 2.21. The van der Waals surface area contributed by atoms with Crippen LogP contribution < -0.4 is 5.73 Å². The van der Waals surface area contributed by atoms with Gasteiger partial charge in [0, 0.05) is 0 Å². The minimum absolute atomic E-state index is 0.0655. The average molecular weight is 233 g/mol. The Morgan fingerprint density at radius 3 is 2.44 bits per heavy atom. The Morgan fingerprint density at radius 1 is 1.31 bits per heavy atom. The van der Waals surface area contributed by atoms with Gasteiger partial charge in [0.05, 0.1) is 0 Å². The molecular formula is C10H10F3NO2. The van der Waals surface area contributed by atoms with Gasteiger partial charge in [-0.3, -0.25) is 0 Å². The number of carboxylic acid groups (broad SMARTS) is 1. The first-order chi connectivity index (χ1) is 7.49. The van der Waals surface area contributed by atoms with E-state index in [4.69, 9.17) is 10.8 Å². The Labute approximate surface area is 89.7 Å². The van der Waals surface area contributed by atoms with Crippen molar-refractivity contribution < 1.29 is 23.1 Å². The smallest absolute Gasteiger partial charge is 0.341 e. The summed E-state index contributed by atoms with van der Waals surface area (Å²) in [5.74, 6) is -6.11. The van der Waals surface area contributed by atoms with E-state index in [1.54, 1.807) is 0 Å². The lowest BCUT2D eigenvalue weighted by atomic mass is 10.0. The fourth-order valence-electron chi connectivity index (χ4n) is 1.31. The van der Waals surface area contributed by atoms with Gasteiger partial charge in [0.2, 0.25) is 0 Å². The first-order valence-corrected chi connectivity index (χ1v) is 4.58. The minimum Gasteiger partial charge on any atom is -0.477 e. The summed E-state index contributed by atoms with van der Waals surface area (Å²) in [4.78, 5) is 10.5. The van der Waals surface area contributed by atoms with E-state index in [0.29, 0.717) is 12.5 Å². The molecule has 1 aromatic rings. The van der Waals surface area contributed by atoms with Crippen LogP contribution in [0.3, 0.4) is 0 Å². The van der Waals surface area contributed by atoms with Gasteiger partial charge in [-0.2, -0.15) is 0 Å². The van der Waals surface area contributed by atoms with E-state index in [1.165, 1.54) is 0 Å². The molecule has 0 atom stereocenters. The summed E-state index contributed by atoms with van der Waals surface area (Å²) in [5.41, 5.74) is 3.70. The third-order valence-electron chi connectivity index (χ3n) is 2.10. The highest BCUT2D eigenvalue weighted by molar-refractivity contribution is 5.88. The third kappa shape index (κ3) is 2.33. The number of carboxylic acids is 1. The van der Waals surface area contributed by atoms with Crippen LogP contribution in [-0.2, 0) is 6.42 Å². The molecule has 1 aromatic carbocycles. The lowest BCUT2D eigenvalue weighted by molar-refractivity contribution is 0.0685. The molecule has 16 heavy (non-hydrogen) atoms. The molecule has 0 aliphatic heterocycles. The number of rotatable bonds is 4. The molecular weight excluding hydrogens is 223 g/mol. The van der Waals surface area contributed by atoms with E-state index in [1.807, 2.05) is 0 Å². The monoisotopic (exact) mass is 233 g/mol. The van der Waals surface area contributed by atoms with E-state index in [9.17, 15) is 18.0 Å². The Balaban J connectivity index is 3.22. The summed E-state index contributed by atoms with van der Waals surface area (Å²) in [7, 11) is 0. The number of halogens is 3. The molecule has 3 nitrogen and oxygen atoms in total. The van der Waals surface area contributed by atoms with Crippen LogP contribution in [0.15, 0.2) is 6.07 Å². The molecule has 0 fully saturated rings. The summed E-state index contributed by atoms with van der Waals surface area (Å²) in [6.45, 7) is 0.253. The van der Waals surface area contributed by atoms with Crippen molar-refractivity contribution >= 4 is 5.97 Å². The van der Waals surface area contributed by atoms with E-state index < -0.39 is 29.0 Å². The maximum absolute atomic E-state index is 13.3. The molecule has 88 valence electrons. The molecule has 0 spiro atoms. The topological polar surface area (TPSA) is 63.3 Å². The lowest BCUT2D eigenvalue weighted by Crippen LogP contribution is -2.10. The van der Waals surface area contributed by atoms with Crippen LogP contribution in [0.4, 0.5) is 13.2 Å². The third-order valence-corrected chi connectivity index (χ3v) is 2.10. The molecule has 0 amide bonds. The van der Waals surface area contributed by atoms with Crippen molar-refractivity contribution in [1.82, 2.24) is 0 Å². The van der Waals surface area contributed by atoms with Crippen molar-refractivity contribution in [2.45, 2.75) is 12.8 Å². The van der Waals surface area contributed by atoms with Gasteiger partial charge in [-0.05, 0) is 31.0 Å². The highest BCUT2D eigenvalue weighted by Crippen LogP contribution is 2.21. The summed E-state index contributed by atoms with van der Waals surface area (Å²) in [6.07, 6.45) is 0.429. The highest BCUT2D eigenvalue weighted by Gasteiger charge is 2.23. The minimum atomic E-state index is -1.83. The molecule has 0 saturated carbocycles. The van der Waals surface area contributed by atoms with Crippen LogP contribution in [0.2, 0.25) is 0 Å². The van der Waals surface area contributed by atoms with Crippen LogP contribution in [0.1, 0.15) is 22.3 Å². The van der Waals surface area contributed by atoms with Crippen molar-refractivity contribution in [3.05, 3.63) is 34.6 Å². The van der Waals surface area contributed by atoms with Crippen LogP contribution in [0, 0.1) is 17.5 Å². The Morgan fingerprint density at radius 2 is 1.94 bits per heavy atom. The lowest BCUT2D eigenvalue weighted by Gasteiger charge is -2.06. The van der Waals surface area contributed by atoms with Crippen LogP contribution >= 0.6 is 0 Å². The molecule has 0 aliphatic rings. The summed E-state index contributed by atoms with van der Waals surface area (Å²) in [6, 6.07) is 0.692. The molecule has 0 aliphatic carbocycles. The number of nitrogens with two attached hydrogens (primary N) is 1. The number of aryl methyl sites for hydroxylation is 1. The van der Waals surface area contributed by atoms with Gasteiger partial charge in [0.1, 0.15) is 11.4 Å². The number of aromatic carboxylic acids is 1. The maximum Gasteiger partial charge on any atom is 0.341 e. The number of hydrogen-bond acceptors (Lipinski definition) is 2. The Hall–Kier alpha value is -1.56. The van der Waals surface area contributed by atoms with Gasteiger partial charge in [-0.25, -0.2) is 18.0 Å². The van der Waals surface area contributed by atoms with Crippen molar-refractivity contribution in [2.24, 2.45) is 5.73 Å². The SMILES string of the molecule is NCCCc1cc(F)c(C(=O)O)c(F)c1F. The molecule has 0 bridgehead atoms. The number of hydrogen-bond donors (Lipinski definition) is 2. The fourth-order valence-corrected chi connectivity index (χ4v) is 1.31. The zero-order valence-corrected chi connectivity index (χ0v) is 8.27. The second kappa shape index (κ2) is 4.98. The van der Waals surface area contributed by atoms with Crippen molar-refractivity contribution in [2.75, 3.05) is 6.54 Å². The van der Waals surface area contributed by atoms with Crippen LogP contribution in [-0.4, -0.2) is 17.6 Å². The van der Waals surface area contributed by atoms with Crippen molar-refractivity contribution in [3.63, 3.8) is 0 Å². The quantitative estimate of drug-likeness (QED) is 0.778. The van der Waals surface area contributed by atoms with E-state index in [2.05, 4.69) is 0 Å². The van der Waals surface area contributed by atoms with Crippen LogP contribution in [0.5, 0.6) is 0 Å². The molecule has 0 radical (unpaired) electrons. The second-order valence-corrected chi connectivity index (χ2v) is 3.22. The summed E-state index contributed by atoms with van der Waals surface area (Å²) < 4.78 is 39.6. The van der Waals surface area contributed by atoms with E-state index in [-0.39, 0.29) is 18.5 Å². The predicted octanol–water partition coefficient (Wildman–Crippen LogP) is 1.69. The molecule has 1 rings (SSSR count). The fraction of sp³-hybridized carbons (Fsp3) is 0.300. The van der Waals surface area contributed by atoms with Gasteiger partial charge in [-0.15, -0.1) is 0 Å². The molecule has 0 aromatic heterocycles. The first kappa shape index (κ1) is 12.5. The largest absolute Gasteiger partial charge is 0.477 e. The normalized spacial score (nSPS) is 10.5. The maximum atomic E-state index is 13.3. The molecule has 0 saturated heterocycles. The zero-order valence-electron chi connectivity index (χ0n) is 8.27. The standard InChI is InChI=1S/C10H10F3NO2/c11-6-4-5(2-1-3-14)8(12)9(13)7(6)10(15)16/h4H,1-3,14H2,(H,15,16). The number of benzene rings is 1. The van der Waals surface area contributed by atoms with Gasteiger partial charge < -0.3 is 10.8 Å². The van der Waals surface area contributed by atoms with E-state index in [0.717, 1.165) is 0 Å². The Bertz CT molecular complexity index is 421. The molecule has 6 heteroatoms. The van der Waals surface area contributed by atoms with Gasteiger partial charge in [-0.1, -0.05) is 0 Å². The number of carbonyl (C=O) groups is 1. The zero-order chi connectivity index (χ0) is 12.3. The van der Waals surface area contributed by atoms with Gasteiger partial charge >= 0.3 is 5.97 Å². The second-order valence-electron chi connectivity index (χ2n) is 3.22. The van der Waals surface area contributed by atoms with Gasteiger partial charge in [0.25, 0.3) is 0 Å². The van der Waals surface area contributed by atoms with E-state index >= 15 is 0 Å². The molecule has 0 unspecified atom stereocenters. The van der Waals surface area contributed by atoms with Crippen molar-refractivity contribution in [3.8, 4) is 0 Å². The van der Waals surface area contributed by atoms with Crippen LogP contribution in [0.25, 0.3) is 0 Å². The van der Waals surface area contributed by atoms with Gasteiger partial charge in [0.15, 0.2) is 11.6 Å². The predicted molar refractivity (Wildman–Crippen MR) is 50.7 cm³/mol. The molecule has 0 heterocycles. The molecule has 3 N–H and O–H groups in total. The highest BCUT2D eigenvalue weighted by atomic mass is 19.2. The Kier molecular flexibility index (Phi) is 3.89. The first-order valence-electron chi connectivity index (χ1n) is 4.58.